The minimum atomic E-state index is -1.43. The predicted octanol–water partition coefficient (Wildman–Crippen LogP) is 6.51. The van der Waals surface area contributed by atoms with E-state index >= 15 is 0 Å². The van der Waals surface area contributed by atoms with Gasteiger partial charge in [-0.25, -0.2) is 15.6 Å². The number of anilines is 1. The van der Waals surface area contributed by atoms with E-state index in [1.54, 1.807) is 4.90 Å². The van der Waals surface area contributed by atoms with E-state index in [-0.39, 0.29) is 17.2 Å². The topological polar surface area (TPSA) is 104 Å². The van der Waals surface area contributed by atoms with Crippen molar-refractivity contribution in [2.75, 3.05) is 38.1 Å². The first kappa shape index (κ1) is 32.1. The third kappa shape index (κ3) is 12.8. The fourth-order valence-corrected chi connectivity index (χ4v) is 5.96. The van der Waals surface area contributed by atoms with E-state index in [1.165, 1.54) is 89.9 Å². The molecule has 1 aromatic carbocycles. The van der Waals surface area contributed by atoms with Crippen molar-refractivity contribution in [1.29, 1.82) is 0 Å². The molecule has 0 saturated carbocycles. The van der Waals surface area contributed by atoms with Crippen LogP contribution >= 0.6 is 0 Å². The van der Waals surface area contributed by atoms with Crippen LogP contribution in [0.3, 0.4) is 0 Å². The molecule has 1 aliphatic rings. The highest BCUT2D eigenvalue weighted by Crippen LogP contribution is 2.14. The van der Waals surface area contributed by atoms with Crippen LogP contribution in [0.15, 0.2) is 40.0 Å². The largest absolute Gasteiger partial charge is 0.341 e. The van der Waals surface area contributed by atoms with Gasteiger partial charge in [0.25, 0.3) is 5.16 Å². The van der Waals surface area contributed by atoms with Gasteiger partial charge in [0.15, 0.2) is 0 Å². The number of benzene rings is 1. The third-order valence-corrected chi connectivity index (χ3v) is 8.68. The first-order valence-electron chi connectivity index (χ1n) is 15.4. The second-order valence-electron chi connectivity index (χ2n) is 10.8. The van der Waals surface area contributed by atoms with Crippen molar-refractivity contribution in [2.45, 2.75) is 108 Å². The minimum absolute atomic E-state index is 0.0150. The summed E-state index contributed by atoms with van der Waals surface area (Å²) in [5, 5.41) is 3.86. The summed E-state index contributed by atoms with van der Waals surface area (Å²) in [5.74, 6) is 0.301. The molecule has 1 aromatic heterocycles. The molecule has 0 aliphatic carbocycles. The van der Waals surface area contributed by atoms with E-state index in [1.807, 2.05) is 30.3 Å². The number of urea groups is 1. The maximum absolute atomic E-state index is 12.5. The van der Waals surface area contributed by atoms with Crippen molar-refractivity contribution in [1.82, 2.24) is 25.4 Å². The highest BCUT2D eigenvalue weighted by atomic mass is 32.2. The molecule has 1 aliphatic heterocycles. The van der Waals surface area contributed by atoms with Crippen LogP contribution in [0.2, 0.25) is 0 Å². The first-order valence-corrected chi connectivity index (χ1v) is 16.8. The van der Waals surface area contributed by atoms with Gasteiger partial charge in [0, 0.05) is 26.2 Å². The average molecular weight is 575 g/mol. The molecular formula is C30H50N6O3S. The predicted molar refractivity (Wildman–Crippen MR) is 161 cm³/mol. The van der Waals surface area contributed by atoms with Crippen LogP contribution in [0, 0.1) is 0 Å². The van der Waals surface area contributed by atoms with Crippen LogP contribution in [0.4, 0.5) is 10.8 Å². The van der Waals surface area contributed by atoms with Crippen molar-refractivity contribution in [3.8, 4) is 0 Å². The number of aromatic nitrogens is 2. The van der Waals surface area contributed by atoms with Crippen LogP contribution in [-0.2, 0) is 16.6 Å². The molecule has 0 bridgehead atoms. The number of nitrogens with one attached hydrogen (secondary N) is 2. The lowest BCUT2D eigenvalue weighted by Gasteiger charge is -2.34. The Labute approximate surface area is 243 Å². The zero-order valence-corrected chi connectivity index (χ0v) is 25.3. The van der Waals surface area contributed by atoms with Gasteiger partial charge in [0.2, 0.25) is 0 Å². The number of amides is 2. The van der Waals surface area contributed by atoms with E-state index in [2.05, 4.69) is 32.8 Å². The molecule has 9 nitrogen and oxygen atoms in total. The van der Waals surface area contributed by atoms with Crippen molar-refractivity contribution in [2.24, 2.45) is 0 Å². The number of carbonyl (C=O) groups excluding carboxylic acids is 1. The Bertz CT molecular complexity index is 965. The lowest BCUT2D eigenvalue weighted by atomic mass is 10.0. The molecule has 3 rings (SSSR count). The van der Waals surface area contributed by atoms with Gasteiger partial charge in [0.1, 0.15) is 0 Å². The standard InChI is InChI=1S/C30H50N6O3S/c1-2-3-4-5-6-7-8-9-10-11-12-13-14-18-21-35-22-24-36(25-23-35)30(37)33-32-28-31-29(34-39-28)40(38)26-27-19-16-15-17-20-27/h15-17,19-20H,2-14,18,21-26H2,1H3,(H,33,37)(H,31,32,34). The Morgan fingerprint density at radius 1 is 0.850 bits per heavy atom. The highest BCUT2D eigenvalue weighted by molar-refractivity contribution is 7.84. The Kier molecular flexibility index (Phi) is 15.7. The molecule has 2 N–H and O–H groups in total. The number of unbranched alkanes of at least 4 members (excludes halogenated alkanes) is 13. The van der Waals surface area contributed by atoms with Gasteiger partial charge in [-0.15, -0.1) is 0 Å². The second-order valence-corrected chi connectivity index (χ2v) is 12.2. The lowest BCUT2D eigenvalue weighted by molar-refractivity contribution is 0.139. The smallest absolute Gasteiger partial charge is 0.321 e. The van der Waals surface area contributed by atoms with E-state index in [0.717, 1.165) is 25.2 Å². The van der Waals surface area contributed by atoms with E-state index < -0.39 is 10.8 Å². The summed E-state index contributed by atoms with van der Waals surface area (Å²) in [6.45, 7) is 6.52. The SMILES string of the molecule is CCCCCCCCCCCCCCCCN1CCN(C(=O)NNc2nc(S(=O)Cc3ccccc3)no2)CC1. The zero-order valence-electron chi connectivity index (χ0n) is 24.5. The van der Waals surface area contributed by atoms with Crippen molar-refractivity contribution < 1.29 is 13.5 Å². The van der Waals surface area contributed by atoms with Crippen LogP contribution < -0.4 is 10.9 Å². The summed E-state index contributed by atoms with van der Waals surface area (Å²) >= 11 is 0. The summed E-state index contributed by atoms with van der Waals surface area (Å²) in [7, 11) is -1.43. The molecule has 40 heavy (non-hydrogen) atoms. The van der Waals surface area contributed by atoms with Gasteiger partial charge in [-0.05, 0) is 23.7 Å². The molecule has 2 aromatic rings. The van der Waals surface area contributed by atoms with Gasteiger partial charge in [-0.1, -0.05) is 121 Å². The molecule has 1 atom stereocenters. The molecule has 224 valence electrons. The minimum Gasteiger partial charge on any atom is -0.321 e. The Morgan fingerprint density at radius 2 is 1.43 bits per heavy atom. The normalized spacial score (nSPS) is 14.8. The third-order valence-electron chi connectivity index (χ3n) is 7.52. The number of rotatable bonds is 20. The summed E-state index contributed by atoms with van der Waals surface area (Å²) in [5.41, 5.74) is 6.18. The molecule has 1 unspecified atom stereocenters. The van der Waals surface area contributed by atoms with Crippen LogP contribution in [0.1, 0.15) is 102 Å². The van der Waals surface area contributed by atoms with Gasteiger partial charge >= 0.3 is 12.0 Å². The van der Waals surface area contributed by atoms with Crippen LogP contribution in [0.25, 0.3) is 0 Å². The van der Waals surface area contributed by atoms with Gasteiger partial charge in [-0.2, -0.15) is 4.98 Å². The first-order chi connectivity index (χ1) is 19.7. The maximum Gasteiger partial charge on any atom is 0.341 e. The second kappa shape index (κ2) is 19.6. The number of hydrogen-bond acceptors (Lipinski definition) is 7. The quantitative estimate of drug-likeness (QED) is 0.137. The average Bonchev–Trinajstić information content (AvgIpc) is 3.46. The van der Waals surface area contributed by atoms with E-state index in [0.29, 0.717) is 18.8 Å². The fourth-order valence-electron chi connectivity index (χ4n) is 5.03. The molecule has 1 saturated heterocycles. The summed E-state index contributed by atoms with van der Waals surface area (Å²) in [6.07, 6.45) is 19.3. The fraction of sp³-hybridized carbons (Fsp3) is 0.700. The molecule has 1 fully saturated rings. The summed E-state index contributed by atoms with van der Waals surface area (Å²) in [4.78, 5) is 20.9. The summed E-state index contributed by atoms with van der Waals surface area (Å²) in [6, 6.07) is 9.28. The van der Waals surface area contributed by atoms with Crippen LogP contribution in [-0.4, -0.2) is 62.9 Å². The summed E-state index contributed by atoms with van der Waals surface area (Å²) < 4.78 is 17.5. The zero-order chi connectivity index (χ0) is 28.3. The van der Waals surface area contributed by atoms with Crippen molar-refractivity contribution in [3.05, 3.63) is 35.9 Å². The van der Waals surface area contributed by atoms with Crippen molar-refractivity contribution >= 4 is 22.8 Å². The maximum atomic E-state index is 12.5. The molecule has 0 radical (unpaired) electrons. The van der Waals surface area contributed by atoms with Crippen LogP contribution in [0.5, 0.6) is 0 Å². The number of hydrazine groups is 1. The Morgan fingerprint density at radius 3 is 2.02 bits per heavy atom. The lowest BCUT2D eigenvalue weighted by Crippen LogP contribution is -2.52. The van der Waals surface area contributed by atoms with E-state index in [9.17, 15) is 9.00 Å². The highest BCUT2D eigenvalue weighted by Gasteiger charge is 2.21. The van der Waals surface area contributed by atoms with Gasteiger partial charge in [-0.3, -0.25) is 9.11 Å². The van der Waals surface area contributed by atoms with Crippen molar-refractivity contribution in [3.63, 3.8) is 0 Å². The number of nitrogens with zero attached hydrogens (tertiary/aromatic N) is 4. The molecular weight excluding hydrogens is 524 g/mol. The number of piperazine rings is 1. The molecule has 2 amide bonds. The molecule has 2 heterocycles. The van der Waals surface area contributed by atoms with Gasteiger partial charge in [0.05, 0.1) is 16.6 Å². The van der Waals surface area contributed by atoms with Gasteiger partial charge < -0.3 is 9.42 Å². The number of hydrogen-bond donors (Lipinski definition) is 2. The monoisotopic (exact) mass is 574 g/mol. The molecule has 10 heteroatoms. The molecule has 0 spiro atoms. The Balaban J connectivity index is 1.16. The number of carbonyl (C=O) groups is 1. The Hall–Kier alpha value is -2.46. The van der Waals surface area contributed by atoms with E-state index in [4.69, 9.17) is 4.52 Å².